The molecule has 0 saturated carbocycles. The minimum atomic E-state index is -0.534. The highest BCUT2D eigenvalue weighted by Crippen LogP contribution is 2.59. The molecule has 5 rings (SSSR count). The number of rotatable bonds is 2. The lowest BCUT2D eigenvalue weighted by Gasteiger charge is -2.43. The van der Waals surface area contributed by atoms with Crippen LogP contribution in [0.4, 0.5) is 0 Å². The number of nitrogens with zero attached hydrogens (tertiary/aromatic N) is 2. The minimum Gasteiger partial charge on any atom is -0.388 e. The Morgan fingerprint density at radius 3 is 2.46 bits per heavy atom. The van der Waals surface area contributed by atoms with Crippen LogP contribution in [0, 0.1) is 18.3 Å². The number of aliphatic hydroxyl groups is 1. The van der Waals surface area contributed by atoms with Gasteiger partial charge < -0.3 is 14.6 Å². The molecule has 4 heterocycles. The fourth-order valence-electron chi connectivity index (χ4n) is 6.63. The highest BCUT2D eigenvalue weighted by molar-refractivity contribution is 7.12. The lowest BCUT2D eigenvalue weighted by atomic mass is 9.68. The van der Waals surface area contributed by atoms with Gasteiger partial charge in [0.25, 0.3) is 0 Å². The second kappa shape index (κ2) is 8.34. The van der Waals surface area contributed by atoms with Gasteiger partial charge >= 0.3 is 0 Å². The van der Waals surface area contributed by atoms with Gasteiger partial charge in [0, 0.05) is 46.3 Å². The SMILES string of the molecule is Cc1nc(C2OC3(CCOCC3C)c3c4c(nc(C(C)C)c32)CC(C)(C)CC4O)sc1C(C)(C)C. The molecule has 2 aliphatic heterocycles. The summed E-state index contributed by atoms with van der Waals surface area (Å²) < 4.78 is 13.1. The van der Waals surface area contributed by atoms with Gasteiger partial charge in [-0.2, -0.15) is 0 Å². The fourth-order valence-corrected chi connectivity index (χ4v) is 7.79. The Balaban J connectivity index is 1.80. The van der Waals surface area contributed by atoms with Gasteiger partial charge in [0.05, 0.1) is 18.4 Å². The van der Waals surface area contributed by atoms with Gasteiger partial charge in [-0.25, -0.2) is 4.98 Å². The largest absolute Gasteiger partial charge is 0.388 e. The quantitative estimate of drug-likeness (QED) is 0.502. The van der Waals surface area contributed by atoms with Crippen molar-refractivity contribution in [2.75, 3.05) is 13.2 Å². The number of hydrogen-bond acceptors (Lipinski definition) is 6. The zero-order valence-electron chi connectivity index (χ0n) is 22.9. The zero-order chi connectivity index (χ0) is 25.5. The second-order valence-corrected chi connectivity index (χ2v) is 14.2. The standard InChI is InChI=1S/C29H42N2O3S/c1-15(2)23-21-22(20-18(31-23)12-28(8,9)13-19(20)32)29(10-11-33-14-16(29)3)34-24(21)26-30-17(4)25(35-26)27(5,6)7/h15-16,19,24,32H,10-14H2,1-9H3. The smallest absolute Gasteiger partial charge is 0.137 e. The van der Waals surface area contributed by atoms with E-state index >= 15 is 0 Å². The molecule has 0 aromatic carbocycles. The van der Waals surface area contributed by atoms with Gasteiger partial charge in [0.1, 0.15) is 16.7 Å². The first-order valence-corrected chi connectivity index (χ1v) is 14.1. The fraction of sp³-hybridized carbons (Fsp3) is 0.724. The van der Waals surface area contributed by atoms with Gasteiger partial charge in [-0.1, -0.05) is 55.4 Å². The van der Waals surface area contributed by atoms with Crippen LogP contribution < -0.4 is 0 Å². The van der Waals surface area contributed by atoms with Gasteiger partial charge in [-0.15, -0.1) is 11.3 Å². The number of aromatic nitrogens is 2. The maximum Gasteiger partial charge on any atom is 0.137 e. The van der Waals surface area contributed by atoms with E-state index in [1.165, 1.54) is 16.0 Å². The average molecular weight is 499 g/mol. The minimum absolute atomic E-state index is 0.0171. The molecule has 35 heavy (non-hydrogen) atoms. The first-order valence-electron chi connectivity index (χ1n) is 13.2. The summed E-state index contributed by atoms with van der Waals surface area (Å²) >= 11 is 1.78. The van der Waals surface area contributed by atoms with Crippen LogP contribution >= 0.6 is 11.3 Å². The van der Waals surface area contributed by atoms with Crippen LogP contribution in [0.3, 0.4) is 0 Å². The zero-order valence-corrected chi connectivity index (χ0v) is 23.7. The van der Waals surface area contributed by atoms with Crippen LogP contribution in [0.5, 0.6) is 0 Å². The molecule has 192 valence electrons. The van der Waals surface area contributed by atoms with Crippen molar-refractivity contribution in [2.24, 2.45) is 11.3 Å². The molecule has 3 aliphatic rings. The Morgan fingerprint density at radius 2 is 1.86 bits per heavy atom. The predicted octanol–water partition coefficient (Wildman–Crippen LogP) is 6.64. The average Bonchev–Trinajstić information content (AvgIpc) is 3.28. The van der Waals surface area contributed by atoms with E-state index in [0.717, 1.165) is 46.9 Å². The number of aryl methyl sites for hydroxylation is 1. The van der Waals surface area contributed by atoms with Crippen molar-refractivity contribution in [1.29, 1.82) is 0 Å². The Kier molecular flexibility index (Phi) is 6.03. The molecule has 1 N–H and O–H groups in total. The number of aliphatic hydroxyl groups excluding tert-OH is 1. The molecule has 1 spiro atoms. The molecule has 1 aliphatic carbocycles. The summed E-state index contributed by atoms with van der Waals surface area (Å²) in [5.41, 5.74) is 6.22. The van der Waals surface area contributed by atoms with Crippen LogP contribution in [0.25, 0.3) is 0 Å². The highest BCUT2D eigenvalue weighted by Gasteiger charge is 2.55. The third kappa shape index (κ3) is 4.00. The third-order valence-electron chi connectivity index (χ3n) is 8.17. The van der Waals surface area contributed by atoms with E-state index in [-0.39, 0.29) is 28.8 Å². The number of pyridine rings is 1. The normalized spacial score (nSPS) is 30.1. The summed E-state index contributed by atoms with van der Waals surface area (Å²) in [4.78, 5) is 11.7. The van der Waals surface area contributed by atoms with Gasteiger partial charge in [0.15, 0.2) is 0 Å². The second-order valence-electron chi connectivity index (χ2n) is 13.2. The van der Waals surface area contributed by atoms with E-state index in [1.807, 2.05) is 0 Å². The molecule has 2 aromatic heterocycles. The summed E-state index contributed by atoms with van der Waals surface area (Å²) in [5.74, 6) is 0.424. The summed E-state index contributed by atoms with van der Waals surface area (Å²) in [6, 6.07) is 0. The van der Waals surface area contributed by atoms with Crippen LogP contribution in [-0.2, 0) is 26.9 Å². The molecule has 0 amide bonds. The van der Waals surface area contributed by atoms with Crippen molar-refractivity contribution in [1.82, 2.24) is 9.97 Å². The van der Waals surface area contributed by atoms with E-state index in [1.54, 1.807) is 11.3 Å². The van der Waals surface area contributed by atoms with E-state index in [2.05, 4.69) is 62.3 Å². The van der Waals surface area contributed by atoms with Gasteiger partial charge in [-0.3, -0.25) is 4.98 Å². The van der Waals surface area contributed by atoms with Crippen LogP contribution in [0.1, 0.15) is 130 Å². The van der Waals surface area contributed by atoms with Crippen LogP contribution in [-0.4, -0.2) is 28.3 Å². The molecule has 1 fully saturated rings. The molecule has 0 radical (unpaired) electrons. The molecular weight excluding hydrogens is 456 g/mol. The highest BCUT2D eigenvalue weighted by atomic mass is 32.1. The monoisotopic (exact) mass is 498 g/mol. The Labute approximate surface area is 214 Å². The predicted molar refractivity (Wildman–Crippen MR) is 140 cm³/mol. The molecule has 6 heteroatoms. The van der Waals surface area contributed by atoms with Crippen molar-refractivity contribution >= 4 is 11.3 Å². The molecular formula is C29H42N2O3S. The Hall–Kier alpha value is -1.34. The van der Waals surface area contributed by atoms with Crippen LogP contribution in [0.15, 0.2) is 0 Å². The molecule has 4 atom stereocenters. The lowest BCUT2D eigenvalue weighted by molar-refractivity contribution is -0.157. The molecule has 5 nitrogen and oxygen atoms in total. The van der Waals surface area contributed by atoms with E-state index in [0.29, 0.717) is 13.2 Å². The topological polar surface area (TPSA) is 64.5 Å². The summed E-state index contributed by atoms with van der Waals surface area (Å²) in [7, 11) is 0. The van der Waals surface area contributed by atoms with E-state index < -0.39 is 11.7 Å². The lowest BCUT2D eigenvalue weighted by Crippen LogP contribution is -2.43. The van der Waals surface area contributed by atoms with Crippen molar-refractivity contribution < 1.29 is 14.6 Å². The number of thiazole rings is 1. The molecule has 2 aromatic rings. The van der Waals surface area contributed by atoms with Gasteiger partial charge in [0.2, 0.25) is 0 Å². The van der Waals surface area contributed by atoms with E-state index in [9.17, 15) is 5.11 Å². The maximum atomic E-state index is 11.6. The van der Waals surface area contributed by atoms with Gasteiger partial charge in [-0.05, 0) is 42.1 Å². The molecule has 4 unspecified atom stereocenters. The van der Waals surface area contributed by atoms with Crippen molar-refractivity contribution in [3.05, 3.63) is 43.7 Å². The molecule has 1 saturated heterocycles. The van der Waals surface area contributed by atoms with Crippen molar-refractivity contribution in [3.63, 3.8) is 0 Å². The number of hydrogen-bond donors (Lipinski definition) is 1. The summed E-state index contributed by atoms with van der Waals surface area (Å²) in [6.07, 6.45) is 1.61. The van der Waals surface area contributed by atoms with Crippen molar-refractivity contribution in [2.45, 2.75) is 111 Å². The van der Waals surface area contributed by atoms with E-state index in [4.69, 9.17) is 19.4 Å². The maximum absolute atomic E-state index is 11.6. The third-order valence-corrected chi connectivity index (χ3v) is 9.79. The summed E-state index contributed by atoms with van der Waals surface area (Å²) in [5, 5.41) is 12.6. The number of fused-ring (bicyclic) bond motifs is 4. The Morgan fingerprint density at radius 1 is 1.14 bits per heavy atom. The molecule has 0 bridgehead atoms. The van der Waals surface area contributed by atoms with Crippen molar-refractivity contribution in [3.8, 4) is 0 Å². The Bertz CT molecular complexity index is 1150. The van der Waals surface area contributed by atoms with Crippen LogP contribution in [0.2, 0.25) is 0 Å². The first-order chi connectivity index (χ1) is 16.2. The number of ether oxygens (including phenoxy) is 2. The summed E-state index contributed by atoms with van der Waals surface area (Å²) in [6.45, 7) is 21.3. The first kappa shape index (κ1) is 25.3.